The number of sulfonamides is 1. The van der Waals surface area contributed by atoms with Crippen molar-refractivity contribution < 1.29 is 8.42 Å². The van der Waals surface area contributed by atoms with Gasteiger partial charge in [-0.1, -0.05) is 19.3 Å². The van der Waals surface area contributed by atoms with E-state index in [0.717, 1.165) is 31.4 Å². The van der Waals surface area contributed by atoms with Crippen LogP contribution in [-0.4, -0.2) is 19.0 Å². The molecule has 0 aromatic carbocycles. The third-order valence-corrected chi connectivity index (χ3v) is 5.40. The fraction of sp³-hybridized carbons (Fsp3) is 0.714. The number of aromatic nitrogens is 1. The zero-order valence-electron chi connectivity index (χ0n) is 12.3. The fourth-order valence-electron chi connectivity index (χ4n) is 2.80. The maximum absolute atomic E-state index is 12.4. The molecule has 1 heterocycles. The van der Waals surface area contributed by atoms with Crippen molar-refractivity contribution in [3.63, 3.8) is 0 Å². The molecule has 0 spiro atoms. The van der Waals surface area contributed by atoms with Gasteiger partial charge in [0, 0.05) is 30.5 Å². The molecule has 2 rings (SSSR count). The molecule has 3 N–H and O–H groups in total. The lowest BCUT2D eigenvalue weighted by molar-refractivity contribution is 0.412. The van der Waals surface area contributed by atoms with Crippen molar-refractivity contribution in [2.45, 2.75) is 69.5 Å². The zero-order valence-corrected chi connectivity index (χ0v) is 13.1. The minimum atomic E-state index is -3.43. The Balaban J connectivity index is 2.20. The highest BCUT2D eigenvalue weighted by Gasteiger charge is 2.24. The Labute approximate surface area is 121 Å². The molecule has 0 unspecified atom stereocenters. The van der Waals surface area contributed by atoms with Gasteiger partial charge in [0.05, 0.1) is 4.90 Å². The molecule has 5 nitrogen and oxygen atoms in total. The SMILES string of the molecule is CC(C)n1cc(S(=O)(=O)NC2CCCCC2)cc1CN. The van der Waals surface area contributed by atoms with E-state index >= 15 is 0 Å². The second-order valence-corrected chi connectivity index (χ2v) is 7.54. The minimum Gasteiger partial charge on any atom is -0.346 e. The summed E-state index contributed by atoms with van der Waals surface area (Å²) in [6.45, 7) is 4.38. The molecule has 20 heavy (non-hydrogen) atoms. The summed E-state index contributed by atoms with van der Waals surface area (Å²) in [7, 11) is -3.43. The monoisotopic (exact) mass is 299 g/mol. The van der Waals surface area contributed by atoms with Gasteiger partial charge >= 0.3 is 0 Å². The quantitative estimate of drug-likeness (QED) is 0.874. The van der Waals surface area contributed by atoms with Crippen molar-refractivity contribution >= 4 is 10.0 Å². The molecule has 1 aromatic rings. The van der Waals surface area contributed by atoms with Crippen LogP contribution in [0.5, 0.6) is 0 Å². The van der Waals surface area contributed by atoms with Gasteiger partial charge in [-0.2, -0.15) is 0 Å². The van der Waals surface area contributed by atoms with Crippen LogP contribution in [0, 0.1) is 0 Å². The molecule has 0 radical (unpaired) electrons. The summed E-state index contributed by atoms with van der Waals surface area (Å²) < 4.78 is 29.6. The van der Waals surface area contributed by atoms with Crippen LogP contribution in [0.15, 0.2) is 17.2 Å². The predicted molar refractivity (Wildman–Crippen MR) is 79.9 cm³/mol. The molecule has 1 aliphatic carbocycles. The van der Waals surface area contributed by atoms with Gasteiger partial charge in [-0.05, 0) is 32.8 Å². The third kappa shape index (κ3) is 3.42. The Morgan fingerprint density at radius 2 is 2.00 bits per heavy atom. The van der Waals surface area contributed by atoms with Crippen LogP contribution in [0.3, 0.4) is 0 Å². The Morgan fingerprint density at radius 1 is 1.35 bits per heavy atom. The molecule has 1 saturated carbocycles. The first-order valence-corrected chi connectivity index (χ1v) is 8.85. The summed E-state index contributed by atoms with van der Waals surface area (Å²) in [5.41, 5.74) is 6.54. The van der Waals surface area contributed by atoms with Gasteiger partial charge in [0.25, 0.3) is 0 Å². The van der Waals surface area contributed by atoms with Gasteiger partial charge in [-0.15, -0.1) is 0 Å². The zero-order chi connectivity index (χ0) is 14.8. The molecule has 0 atom stereocenters. The largest absolute Gasteiger partial charge is 0.346 e. The van der Waals surface area contributed by atoms with Crippen molar-refractivity contribution in [3.8, 4) is 0 Å². The Morgan fingerprint density at radius 3 is 2.50 bits per heavy atom. The molecule has 1 aliphatic rings. The normalized spacial score (nSPS) is 17.8. The van der Waals surface area contributed by atoms with Crippen LogP contribution in [-0.2, 0) is 16.6 Å². The van der Waals surface area contributed by atoms with Gasteiger partial charge in [0.2, 0.25) is 10.0 Å². The minimum absolute atomic E-state index is 0.0810. The van der Waals surface area contributed by atoms with Crippen LogP contribution < -0.4 is 10.5 Å². The van der Waals surface area contributed by atoms with E-state index in [-0.39, 0.29) is 12.1 Å². The van der Waals surface area contributed by atoms with Crippen molar-refractivity contribution in [1.82, 2.24) is 9.29 Å². The molecule has 0 bridgehead atoms. The van der Waals surface area contributed by atoms with Crippen LogP contribution >= 0.6 is 0 Å². The summed E-state index contributed by atoms with van der Waals surface area (Å²) in [6.07, 6.45) is 6.99. The third-order valence-electron chi connectivity index (χ3n) is 3.91. The van der Waals surface area contributed by atoms with Crippen LogP contribution in [0.2, 0.25) is 0 Å². The van der Waals surface area contributed by atoms with Gasteiger partial charge < -0.3 is 10.3 Å². The second kappa shape index (κ2) is 6.28. The first-order valence-electron chi connectivity index (χ1n) is 7.37. The maximum atomic E-state index is 12.4. The lowest BCUT2D eigenvalue weighted by Crippen LogP contribution is -2.36. The summed E-state index contributed by atoms with van der Waals surface area (Å²) in [5, 5.41) is 0. The maximum Gasteiger partial charge on any atom is 0.242 e. The molecule has 114 valence electrons. The molecular weight excluding hydrogens is 274 g/mol. The average molecular weight is 299 g/mol. The first-order chi connectivity index (χ1) is 9.44. The Kier molecular flexibility index (Phi) is 4.88. The summed E-state index contributed by atoms with van der Waals surface area (Å²) >= 11 is 0. The highest BCUT2D eigenvalue weighted by Crippen LogP contribution is 2.22. The molecule has 1 aromatic heterocycles. The summed E-state index contributed by atoms with van der Waals surface area (Å²) in [4.78, 5) is 0.331. The van der Waals surface area contributed by atoms with E-state index in [1.807, 2.05) is 18.4 Å². The number of hydrogen-bond acceptors (Lipinski definition) is 3. The number of nitrogens with one attached hydrogen (secondary N) is 1. The molecule has 0 aliphatic heterocycles. The highest BCUT2D eigenvalue weighted by molar-refractivity contribution is 7.89. The Bertz CT molecular complexity index is 543. The van der Waals surface area contributed by atoms with Gasteiger partial charge in [0.15, 0.2) is 0 Å². The van der Waals surface area contributed by atoms with Crippen LogP contribution in [0.1, 0.15) is 57.7 Å². The lowest BCUT2D eigenvalue weighted by atomic mass is 9.96. The molecule has 1 fully saturated rings. The predicted octanol–water partition coefficient (Wildman–Crippen LogP) is 2.14. The standard InChI is InChI=1S/C14H25N3O2S/c1-11(2)17-10-14(8-13(17)9-15)20(18,19)16-12-6-4-3-5-7-12/h8,10-12,16H,3-7,9,15H2,1-2H3. The van der Waals surface area contributed by atoms with E-state index in [9.17, 15) is 8.42 Å². The van der Waals surface area contributed by atoms with Crippen molar-refractivity contribution in [2.75, 3.05) is 0 Å². The molecule has 0 amide bonds. The summed E-state index contributed by atoms with van der Waals surface area (Å²) in [5.74, 6) is 0. The van der Waals surface area contributed by atoms with Crippen LogP contribution in [0.25, 0.3) is 0 Å². The number of nitrogens with zero attached hydrogens (tertiary/aromatic N) is 1. The van der Waals surface area contributed by atoms with Crippen LogP contribution in [0.4, 0.5) is 0 Å². The molecular formula is C14H25N3O2S. The number of hydrogen-bond donors (Lipinski definition) is 2. The van der Waals surface area contributed by atoms with Gasteiger partial charge in [-0.3, -0.25) is 0 Å². The van der Waals surface area contributed by atoms with Gasteiger partial charge in [-0.25, -0.2) is 13.1 Å². The average Bonchev–Trinajstić information content (AvgIpc) is 2.84. The second-order valence-electron chi connectivity index (χ2n) is 5.83. The van der Waals surface area contributed by atoms with E-state index in [0.29, 0.717) is 11.4 Å². The smallest absolute Gasteiger partial charge is 0.242 e. The van der Waals surface area contributed by atoms with Crippen molar-refractivity contribution in [2.24, 2.45) is 5.73 Å². The van der Waals surface area contributed by atoms with E-state index in [2.05, 4.69) is 4.72 Å². The van der Waals surface area contributed by atoms with E-state index in [1.165, 1.54) is 6.42 Å². The van der Waals surface area contributed by atoms with Crippen molar-refractivity contribution in [1.29, 1.82) is 0 Å². The summed E-state index contributed by atoms with van der Waals surface area (Å²) in [6, 6.07) is 1.97. The highest BCUT2D eigenvalue weighted by atomic mass is 32.2. The number of nitrogens with two attached hydrogens (primary N) is 1. The van der Waals surface area contributed by atoms with Gasteiger partial charge in [0.1, 0.15) is 0 Å². The number of rotatable bonds is 5. The topological polar surface area (TPSA) is 77.1 Å². The fourth-order valence-corrected chi connectivity index (χ4v) is 4.15. The Hall–Kier alpha value is -0.850. The van der Waals surface area contributed by atoms with Crippen molar-refractivity contribution in [3.05, 3.63) is 18.0 Å². The van der Waals surface area contributed by atoms with E-state index in [4.69, 9.17) is 5.73 Å². The molecule has 0 saturated heterocycles. The lowest BCUT2D eigenvalue weighted by Gasteiger charge is -2.22. The first kappa shape index (κ1) is 15.5. The van der Waals surface area contributed by atoms with E-state index in [1.54, 1.807) is 12.3 Å². The molecule has 6 heteroatoms. The van der Waals surface area contributed by atoms with E-state index < -0.39 is 10.0 Å².